The number of aromatic nitrogens is 1. The fraction of sp³-hybridized carbons (Fsp3) is 0.250. The Hall–Kier alpha value is -2.55. The molecule has 1 aromatic heterocycles. The number of hydrogen-bond donors (Lipinski definition) is 1. The molecule has 134 valence electrons. The first-order valence-corrected chi connectivity index (χ1v) is 9.16. The highest BCUT2D eigenvalue weighted by Gasteiger charge is 2.29. The van der Waals surface area contributed by atoms with E-state index in [-0.39, 0.29) is 12.2 Å². The van der Waals surface area contributed by atoms with Gasteiger partial charge in [-0.15, -0.1) is 0 Å². The molecule has 0 aliphatic carbocycles. The molecule has 0 radical (unpaired) electrons. The summed E-state index contributed by atoms with van der Waals surface area (Å²) in [6, 6.07) is 4.91. The Balaban J connectivity index is 2.22. The average Bonchev–Trinajstić information content (AvgIpc) is 2.55. The number of sulfonamides is 1. The molecule has 1 N–H and O–H groups in total. The zero-order valence-electron chi connectivity index (χ0n) is 13.6. The van der Waals surface area contributed by atoms with E-state index < -0.39 is 33.6 Å². The van der Waals surface area contributed by atoms with Crippen molar-refractivity contribution in [1.29, 1.82) is 0 Å². The van der Waals surface area contributed by atoms with Gasteiger partial charge in [-0.3, -0.25) is 14.1 Å². The number of anilines is 1. The number of halogens is 2. The van der Waals surface area contributed by atoms with Crippen LogP contribution in [0.3, 0.4) is 0 Å². The third kappa shape index (κ3) is 4.72. The first kappa shape index (κ1) is 18.8. The molecule has 0 spiro atoms. The van der Waals surface area contributed by atoms with Crippen LogP contribution in [0.4, 0.5) is 14.5 Å². The summed E-state index contributed by atoms with van der Waals surface area (Å²) < 4.78 is 51.4. The van der Waals surface area contributed by atoms with Crippen LogP contribution in [-0.4, -0.2) is 31.6 Å². The first-order chi connectivity index (χ1) is 11.7. The zero-order valence-corrected chi connectivity index (χ0v) is 14.4. The van der Waals surface area contributed by atoms with Gasteiger partial charge in [0.15, 0.2) is 11.6 Å². The van der Waals surface area contributed by atoms with Gasteiger partial charge in [0.25, 0.3) is 0 Å². The molecule has 1 atom stereocenters. The van der Waals surface area contributed by atoms with Crippen molar-refractivity contribution in [3.63, 3.8) is 0 Å². The maximum absolute atomic E-state index is 13.5. The second kappa shape index (κ2) is 7.56. The van der Waals surface area contributed by atoms with Gasteiger partial charge in [-0.1, -0.05) is 0 Å². The number of nitrogens with zero attached hydrogens (tertiary/aromatic N) is 2. The molecule has 0 aliphatic rings. The van der Waals surface area contributed by atoms with E-state index in [1.807, 2.05) is 0 Å². The number of hydrogen-bond acceptors (Lipinski definition) is 4. The second-order valence-electron chi connectivity index (χ2n) is 5.41. The lowest BCUT2D eigenvalue weighted by Gasteiger charge is -2.28. The van der Waals surface area contributed by atoms with Crippen molar-refractivity contribution in [3.05, 3.63) is 59.9 Å². The minimum Gasteiger partial charge on any atom is -0.350 e. The summed E-state index contributed by atoms with van der Waals surface area (Å²) in [5, 5.41) is 2.61. The van der Waals surface area contributed by atoms with Crippen LogP contribution in [0.2, 0.25) is 0 Å². The van der Waals surface area contributed by atoms with E-state index in [0.29, 0.717) is 0 Å². The molecule has 0 aliphatic heterocycles. The van der Waals surface area contributed by atoms with Gasteiger partial charge in [0, 0.05) is 25.0 Å². The summed E-state index contributed by atoms with van der Waals surface area (Å²) in [5.41, 5.74) is 0.655. The lowest BCUT2D eigenvalue weighted by Crippen LogP contribution is -2.47. The molecule has 6 nitrogen and oxygen atoms in total. The van der Waals surface area contributed by atoms with Crippen LogP contribution in [0.15, 0.2) is 42.7 Å². The van der Waals surface area contributed by atoms with Gasteiger partial charge in [-0.05, 0) is 36.8 Å². The molecule has 0 bridgehead atoms. The smallest absolute Gasteiger partial charge is 0.243 e. The van der Waals surface area contributed by atoms with Crippen molar-refractivity contribution < 1.29 is 22.0 Å². The summed E-state index contributed by atoms with van der Waals surface area (Å²) in [6.07, 6.45) is 4.02. The van der Waals surface area contributed by atoms with Gasteiger partial charge in [0.05, 0.1) is 11.9 Å². The Morgan fingerprint density at radius 3 is 2.40 bits per heavy atom. The Labute approximate surface area is 144 Å². The van der Waals surface area contributed by atoms with Gasteiger partial charge in [-0.25, -0.2) is 17.2 Å². The molecule has 0 fully saturated rings. The van der Waals surface area contributed by atoms with Crippen molar-refractivity contribution in [2.45, 2.75) is 19.5 Å². The van der Waals surface area contributed by atoms with E-state index in [9.17, 15) is 22.0 Å². The highest BCUT2D eigenvalue weighted by Crippen LogP contribution is 2.23. The molecule has 1 aromatic carbocycles. The lowest BCUT2D eigenvalue weighted by molar-refractivity contribution is -0.122. The summed E-state index contributed by atoms with van der Waals surface area (Å²) in [4.78, 5) is 16.2. The van der Waals surface area contributed by atoms with Crippen LogP contribution in [0.5, 0.6) is 0 Å². The number of carbonyl (C=O) groups excluding carboxylic acids is 1. The molecule has 1 heterocycles. The Morgan fingerprint density at radius 2 is 1.84 bits per heavy atom. The van der Waals surface area contributed by atoms with E-state index in [4.69, 9.17) is 0 Å². The summed E-state index contributed by atoms with van der Waals surface area (Å²) >= 11 is 0. The molecule has 2 rings (SSSR count). The Kier molecular flexibility index (Phi) is 5.68. The lowest BCUT2D eigenvalue weighted by atomic mass is 10.2. The quantitative estimate of drug-likeness (QED) is 0.843. The molecule has 0 saturated carbocycles. The normalized spacial score (nSPS) is 12.5. The number of rotatable bonds is 6. The predicted octanol–water partition coefficient (Wildman–Crippen LogP) is 1.83. The third-order valence-electron chi connectivity index (χ3n) is 3.46. The van der Waals surface area contributed by atoms with E-state index in [1.165, 1.54) is 6.92 Å². The predicted molar refractivity (Wildman–Crippen MR) is 89.2 cm³/mol. The van der Waals surface area contributed by atoms with Gasteiger partial charge in [-0.2, -0.15) is 0 Å². The number of amides is 1. The maximum atomic E-state index is 13.5. The molecule has 0 saturated heterocycles. The average molecular weight is 369 g/mol. The van der Waals surface area contributed by atoms with E-state index >= 15 is 0 Å². The minimum absolute atomic E-state index is 0.132. The second-order valence-corrected chi connectivity index (χ2v) is 7.27. The van der Waals surface area contributed by atoms with Crippen molar-refractivity contribution in [3.8, 4) is 0 Å². The molecule has 25 heavy (non-hydrogen) atoms. The van der Waals surface area contributed by atoms with Gasteiger partial charge >= 0.3 is 0 Å². The maximum Gasteiger partial charge on any atom is 0.243 e. The third-order valence-corrected chi connectivity index (χ3v) is 4.70. The number of pyridine rings is 1. The van der Waals surface area contributed by atoms with Crippen LogP contribution in [0.25, 0.3) is 0 Å². The van der Waals surface area contributed by atoms with E-state index in [1.54, 1.807) is 24.5 Å². The van der Waals surface area contributed by atoms with Crippen molar-refractivity contribution in [2.24, 2.45) is 0 Å². The van der Waals surface area contributed by atoms with Crippen LogP contribution in [-0.2, 0) is 21.4 Å². The molecule has 9 heteroatoms. The molecule has 2 aromatic rings. The largest absolute Gasteiger partial charge is 0.350 e. The van der Waals surface area contributed by atoms with Crippen LogP contribution >= 0.6 is 0 Å². The fourth-order valence-electron chi connectivity index (χ4n) is 2.27. The number of carbonyl (C=O) groups is 1. The van der Waals surface area contributed by atoms with Gasteiger partial charge in [0.1, 0.15) is 6.04 Å². The van der Waals surface area contributed by atoms with E-state index in [0.717, 1.165) is 34.3 Å². The molecule has 1 amide bonds. The molecular weight excluding hydrogens is 352 g/mol. The Bertz CT molecular complexity index is 860. The van der Waals surface area contributed by atoms with Gasteiger partial charge < -0.3 is 5.32 Å². The highest BCUT2D eigenvalue weighted by molar-refractivity contribution is 7.92. The summed E-state index contributed by atoms with van der Waals surface area (Å²) in [6.45, 7) is 1.55. The topological polar surface area (TPSA) is 79.4 Å². The molecular formula is C16H17F2N3O3S. The van der Waals surface area contributed by atoms with Crippen molar-refractivity contribution in [2.75, 3.05) is 10.6 Å². The van der Waals surface area contributed by atoms with Crippen LogP contribution in [0.1, 0.15) is 12.5 Å². The monoisotopic (exact) mass is 369 g/mol. The zero-order chi connectivity index (χ0) is 18.6. The number of nitrogens with one attached hydrogen (secondary N) is 1. The van der Waals surface area contributed by atoms with Crippen molar-refractivity contribution >= 4 is 21.6 Å². The minimum atomic E-state index is -3.90. The molecule has 1 unspecified atom stereocenters. The Morgan fingerprint density at radius 1 is 1.20 bits per heavy atom. The first-order valence-electron chi connectivity index (χ1n) is 7.31. The van der Waals surface area contributed by atoms with Crippen molar-refractivity contribution in [1.82, 2.24) is 10.3 Å². The summed E-state index contributed by atoms with van der Waals surface area (Å²) in [7, 11) is -3.90. The standard InChI is InChI=1S/C16H17F2N3O3S/c1-11(16(22)20-10-12-5-7-19-8-6-12)21(25(2,23)24)13-3-4-14(17)15(18)9-13/h3-9,11H,10H2,1-2H3,(H,20,22). The van der Waals surface area contributed by atoms with E-state index in [2.05, 4.69) is 10.3 Å². The number of benzene rings is 1. The fourth-order valence-corrected chi connectivity index (χ4v) is 3.44. The highest BCUT2D eigenvalue weighted by atomic mass is 32.2. The SMILES string of the molecule is CC(C(=O)NCc1ccncc1)N(c1ccc(F)c(F)c1)S(C)(=O)=O. The van der Waals surface area contributed by atoms with Crippen LogP contribution in [0, 0.1) is 11.6 Å². The summed E-state index contributed by atoms with van der Waals surface area (Å²) in [5.74, 6) is -2.88. The van der Waals surface area contributed by atoms with Crippen LogP contribution < -0.4 is 9.62 Å². The van der Waals surface area contributed by atoms with Gasteiger partial charge in [0.2, 0.25) is 15.9 Å².